The number of unbranched alkanes of at least 4 members (excludes halogenated alkanes) is 5. The Kier molecular flexibility index (Phi) is 5.87. The fourth-order valence-electron chi connectivity index (χ4n) is 3.16. The third-order valence-corrected chi connectivity index (χ3v) is 4.68. The second-order valence-corrected chi connectivity index (χ2v) is 6.77. The van der Waals surface area contributed by atoms with Crippen molar-refractivity contribution in [1.29, 1.82) is 0 Å². The van der Waals surface area contributed by atoms with Gasteiger partial charge in [0, 0.05) is 4.47 Å². The van der Waals surface area contributed by atoms with Crippen LogP contribution >= 0.6 is 15.9 Å². The molecule has 0 spiro atoms. The first-order valence-electron chi connectivity index (χ1n) is 7.67. The Morgan fingerprint density at radius 2 is 1.84 bits per heavy atom. The van der Waals surface area contributed by atoms with Crippen LogP contribution in [0.15, 0.2) is 16.6 Å². The number of hydrogen-bond donors (Lipinski definition) is 0. The molecule has 0 heterocycles. The third kappa shape index (κ3) is 4.30. The monoisotopic (exact) mass is 326 g/mol. The van der Waals surface area contributed by atoms with Gasteiger partial charge in [0.1, 0.15) is 5.82 Å². The molecule has 106 valence electrons. The first-order chi connectivity index (χ1) is 9.20. The summed E-state index contributed by atoms with van der Waals surface area (Å²) in [6, 6.07) is 3.70. The van der Waals surface area contributed by atoms with Crippen LogP contribution in [0.1, 0.15) is 63.0 Å². The average molecular weight is 327 g/mol. The highest BCUT2D eigenvalue weighted by atomic mass is 79.9. The van der Waals surface area contributed by atoms with E-state index >= 15 is 0 Å². The Hall–Kier alpha value is -0.370. The summed E-state index contributed by atoms with van der Waals surface area (Å²) in [5, 5.41) is 0. The molecule has 0 nitrogen and oxygen atoms in total. The van der Waals surface area contributed by atoms with Gasteiger partial charge in [-0.15, -0.1) is 0 Å². The molecule has 0 bridgehead atoms. The minimum absolute atomic E-state index is 0.0187. The van der Waals surface area contributed by atoms with E-state index in [2.05, 4.69) is 28.9 Å². The Bertz CT molecular complexity index is 414. The minimum atomic E-state index is -0.0187. The molecule has 2 rings (SSSR count). The molecular weight excluding hydrogens is 303 g/mol. The molecular formula is C17H24BrF. The smallest absolute Gasteiger partial charge is 0.127 e. The normalized spacial score (nSPS) is 17.7. The van der Waals surface area contributed by atoms with E-state index in [1.807, 2.05) is 0 Å². The molecule has 0 radical (unpaired) electrons. The second-order valence-electron chi connectivity index (χ2n) is 5.86. The molecule has 2 heteroatoms. The van der Waals surface area contributed by atoms with Crippen LogP contribution in [0.5, 0.6) is 0 Å². The summed E-state index contributed by atoms with van der Waals surface area (Å²) in [5.41, 5.74) is 2.20. The fraction of sp³-hybridized carbons (Fsp3) is 0.647. The maximum absolute atomic E-state index is 13.8. The minimum Gasteiger partial charge on any atom is -0.207 e. The molecule has 0 fully saturated rings. The van der Waals surface area contributed by atoms with Crippen LogP contribution in [0, 0.1) is 11.7 Å². The van der Waals surface area contributed by atoms with Crippen molar-refractivity contribution >= 4 is 15.9 Å². The van der Waals surface area contributed by atoms with E-state index in [0.29, 0.717) is 5.92 Å². The highest BCUT2D eigenvalue weighted by molar-refractivity contribution is 9.10. The van der Waals surface area contributed by atoms with E-state index in [1.165, 1.54) is 50.5 Å². The van der Waals surface area contributed by atoms with Crippen LogP contribution in [0.3, 0.4) is 0 Å². The number of halogens is 2. The van der Waals surface area contributed by atoms with Crippen LogP contribution in [0.4, 0.5) is 4.39 Å². The van der Waals surface area contributed by atoms with E-state index in [9.17, 15) is 4.39 Å². The standard InChI is InChI=1S/C17H24BrF/c1-2-3-4-5-6-7-8-13-9-14-11-15(18)12-17(19)16(14)10-13/h11-13H,2-10H2,1H3. The van der Waals surface area contributed by atoms with Gasteiger partial charge in [-0.05, 0) is 48.4 Å². The topological polar surface area (TPSA) is 0 Å². The summed E-state index contributed by atoms with van der Waals surface area (Å²) in [6.07, 6.45) is 11.4. The lowest BCUT2D eigenvalue weighted by atomic mass is 9.97. The molecule has 1 aromatic rings. The van der Waals surface area contributed by atoms with Crippen molar-refractivity contribution in [3.05, 3.63) is 33.5 Å². The van der Waals surface area contributed by atoms with Crippen LogP contribution < -0.4 is 0 Å². The van der Waals surface area contributed by atoms with Gasteiger partial charge in [0.05, 0.1) is 0 Å². The van der Waals surface area contributed by atoms with Crippen molar-refractivity contribution < 1.29 is 4.39 Å². The van der Waals surface area contributed by atoms with E-state index in [1.54, 1.807) is 6.07 Å². The quantitative estimate of drug-likeness (QED) is 0.535. The molecule has 1 atom stereocenters. The largest absolute Gasteiger partial charge is 0.207 e. The maximum Gasteiger partial charge on any atom is 0.127 e. The first kappa shape index (κ1) is 15.0. The number of hydrogen-bond acceptors (Lipinski definition) is 0. The van der Waals surface area contributed by atoms with E-state index in [4.69, 9.17) is 0 Å². The zero-order chi connectivity index (χ0) is 13.7. The molecule has 0 saturated carbocycles. The number of fused-ring (bicyclic) bond motifs is 1. The highest BCUT2D eigenvalue weighted by Gasteiger charge is 2.24. The molecule has 0 N–H and O–H groups in total. The Balaban J connectivity index is 1.73. The van der Waals surface area contributed by atoms with Crippen molar-refractivity contribution in [2.24, 2.45) is 5.92 Å². The lowest BCUT2D eigenvalue weighted by Gasteiger charge is -2.08. The zero-order valence-corrected chi connectivity index (χ0v) is 13.4. The predicted octanol–water partition coefficient (Wildman–Crippen LogP) is 6.05. The van der Waals surface area contributed by atoms with Gasteiger partial charge in [-0.3, -0.25) is 0 Å². The van der Waals surface area contributed by atoms with Crippen LogP contribution in [0.2, 0.25) is 0 Å². The second kappa shape index (κ2) is 7.42. The van der Waals surface area contributed by atoms with E-state index < -0.39 is 0 Å². The van der Waals surface area contributed by atoms with Gasteiger partial charge >= 0.3 is 0 Å². The van der Waals surface area contributed by atoms with Crippen LogP contribution in [0.25, 0.3) is 0 Å². The van der Waals surface area contributed by atoms with Gasteiger partial charge in [-0.25, -0.2) is 4.39 Å². The number of rotatable bonds is 7. The van der Waals surface area contributed by atoms with Gasteiger partial charge < -0.3 is 0 Å². The van der Waals surface area contributed by atoms with Crippen LogP contribution in [-0.2, 0) is 12.8 Å². The zero-order valence-electron chi connectivity index (χ0n) is 11.9. The average Bonchev–Trinajstić information content (AvgIpc) is 2.76. The molecule has 1 aromatic carbocycles. The van der Waals surface area contributed by atoms with E-state index in [-0.39, 0.29) is 5.82 Å². The molecule has 0 aliphatic heterocycles. The van der Waals surface area contributed by atoms with E-state index in [0.717, 1.165) is 22.9 Å². The van der Waals surface area contributed by atoms with Gasteiger partial charge in [0.15, 0.2) is 0 Å². The van der Waals surface area contributed by atoms with Crippen molar-refractivity contribution in [3.63, 3.8) is 0 Å². The molecule has 1 unspecified atom stereocenters. The molecule has 1 aliphatic rings. The molecule has 19 heavy (non-hydrogen) atoms. The van der Waals surface area contributed by atoms with Gasteiger partial charge in [0.2, 0.25) is 0 Å². The van der Waals surface area contributed by atoms with Crippen molar-refractivity contribution in [1.82, 2.24) is 0 Å². The fourth-order valence-corrected chi connectivity index (χ4v) is 3.63. The Morgan fingerprint density at radius 3 is 2.63 bits per heavy atom. The first-order valence-corrected chi connectivity index (χ1v) is 8.46. The van der Waals surface area contributed by atoms with Gasteiger partial charge in [0.25, 0.3) is 0 Å². The van der Waals surface area contributed by atoms with Crippen LogP contribution in [-0.4, -0.2) is 0 Å². The molecule has 0 saturated heterocycles. The molecule has 0 aromatic heterocycles. The van der Waals surface area contributed by atoms with Gasteiger partial charge in [-0.1, -0.05) is 61.4 Å². The van der Waals surface area contributed by atoms with Crippen molar-refractivity contribution in [3.8, 4) is 0 Å². The lowest BCUT2D eigenvalue weighted by molar-refractivity contribution is 0.466. The van der Waals surface area contributed by atoms with Gasteiger partial charge in [-0.2, -0.15) is 0 Å². The molecule has 1 aliphatic carbocycles. The maximum atomic E-state index is 13.8. The summed E-state index contributed by atoms with van der Waals surface area (Å²) in [7, 11) is 0. The summed E-state index contributed by atoms with van der Waals surface area (Å²) < 4.78 is 14.7. The lowest BCUT2D eigenvalue weighted by Crippen LogP contribution is -1.99. The summed E-state index contributed by atoms with van der Waals surface area (Å²) in [6.45, 7) is 2.25. The molecule has 0 amide bonds. The third-order valence-electron chi connectivity index (χ3n) is 4.22. The summed E-state index contributed by atoms with van der Waals surface area (Å²) >= 11 is 3.38. The predicted molar refractivity (Wildman–Crippen MR) is 83.0 cm³/mol. The Morgan fingerprint density at radius 1 is 1.11 bits per heavy atom. The highest BCUT2D eigenvalue weighted by Crippen LogP contribution is 2.34. The SMILES string of the molecule is CCCCCCCCC1Cc2cc(Br)cc(F)c2C1. The van der Waals surface area contributed by atoms with Crippen molar-refractivity contribution in [2.45, 2.75) is 64.7 Å². The summed E-state index contributed by atoms with van der Waals surface area (Å²) in [5.74, 6) is 0.653. The summed E-state index contributed by atoms with van der Waals surface area (Å²) in [4.78, 5) is 0. The number of benzene rings is 1. The Labute approximate surface area is 124 Å². The van der Waals surface area contributed by atoms with Crippen molar-refractivity contribution in [2.75, 3.05) is 0 Å².